The number of likely N-dealkylation sites (tertiary alicyclic amines) is 1. The Bertz CT molecular complexity index is 627. The molecule has 3 rings (SSSR count). The Labute approximate surface area is 131 Å². The highest BCUT2D eigenvalue weighted by molar-refractivity contribution is 5.25. The third-order valence-corrected chi connectivity index (χ3v) is 4.69. The van der Waals surface area contributed by atoms with E-state index in [2.05, 4.69) is 29.2 Å². The molecule has 2 aromatic rings. The molecule has 2 nitrogen and oxygen atoms in total. The number of aryl methyl sites for hydroxylation is 1. The SMILES string of the molecule is Cc1ccc(CN2C[C@@H](CN)[C@H](c3ccccc3)C2)cc1F. The molecule has 0 aliphatic carbocycles. The largest absolute Gasteiger partial charge is 0.330 e. The highest BCUT2D eigenvalue weighted by atomic mass is 19.1. The van der Waals surface area contributed by atoms with Gasteiger partial charge in [0, 0.05) is 25.6 Å². The fraction of sp³-hybridized carbons (Fsp3) is 0.368. The molecule has 1 aliphatic heterocycles. The Morgan fingerprint density at radius 2 is 1.91 bits per heavy atom. The first kappa shape index (κ1) is 15.2. The maximum atomic E-state index is 13.7. The van der Waals surface area contributed by atoms with Gasteiger partial charge in [-0.3, -0.25) is 4.90 Å². The summed E-state index contributed by atoms with van der Waals surface area (Å²) in [5, 5.41) is 0. The highest BCUT2D eigenvalue weighted by Gasteiger charge is 2.32. The van der Waals surface area contributed by atoms with Crippen molar-refractivity contribution in [2.45, 2.75) is 19.4 Å². The van der Waals surface area contributed by atoms with Gasteiger partial charge in [-0.05, 0) is 42.1 Å². The van der Waals surface area contributed by atoms with Crippen LogP contribution in [-0.2, 0) is 6.54 Å². The molecular formula is C19H23FN2. The molecule has 2 aromatic carbocycles. The Morgan fingerprint density at radius 1 is 1.14 bits per heavy atom. The number of benzene rings is 2. The van der Waals surface area contributed by atoms with Crippen molar-refractivity contribution < 1.29 is 4.39 Å². The van der Waals surface area contributed by atoms with Crippen molar-refractivity contribution in [3.05, 3.63) is 71.0 Å². The molecule has 0 amide bonds. The third-order valence-electron chi connectivity index (χ3n) is 4.69. The van der Waals surface area contributed by atoms with E-state index in [0.717, 1.165) is 25.2 Å². The molecule has 0 bridgehead atoms. The lowest BCUT2D eigenvalue weighted by Gasteiger charge is -2.17. The van der Waals surface area contributed by atoms with Crippen LogP contribution in [-0.4, -0.2) is 24.5 Å². The van der Waals surface area contributed by atoms with Gasteiger partial charge in [-0.2, -0.15) is 0 Å². The van der Waals surface area contributed by atoms with Crippen LogP contribution in [0.15, 0.2) is 48.5 Å². The standard InChI is InChI=1S/C19H23FN2/c1-14-7-8-15(9-19(14)20)11-22-12-17(10-21)18(13-22)16-5-3-2-4-6-16/h2-9,17-18H,10-13,21H2,1H3/t17-,18+/m1/s1. The lowest BCUT2D eigenvalue weighted by molar-refractivity contribution is 0.316. The fourth-order valence-electron chi connectivity index (χ4n) is 3.40. The Morgan fingerprint density at radius 3 is 2.59 bits per heavy atom. The van der Waals surface area contributed by atoms with Crippen LogP contribution in [0.1, 0.15) is 22.6 Å². The normalized spacial score (nSPS) is 22.1. The van der Waals surface area contributed by atoms with Crippen molar-refractivity contribution >= 4 is 0 Å². The summed E-state index contributed by atoms with van der Waals surface area (Å²) in [6, 6.07) is 16.1. The number of nitrogens with two attached hydrogens (primary N) is 1. The van der Waals surface area contributed by atoms with E-state index in [4.69, 9.17) is 5.73 Å². The van der Waals surface area contributed by atoms with Crippen LogP contribution < -0.4 is 5.73 Å². The fourth-order valence-corrected chi connectivity index (χ4v) is 3.40. The lowest BCUT2D eigenvalue weighted by atomic mass is 9.89. The molecule has 0 radical (unpaired) electrons. The zero-order valence-corrected chi connectivity index (χ0v) is 13.0. The number of halogens is 1. The first-order valence-corrected chi connectivity index (χ1v) is 7.89. The average Bonchev–Trinajstić information content (AvgIpc) is 2.95. The third kappa shape index (κ3) is 3.21. The molecule has 0 saturated carbocycles. The van der Waals surface area contributed by atoms with Gasteiger partial charge >= 0.3 is 0 Å². The van der Waals surface area contributed by atoms with Gasteiger partial charge in [0.05, 0.1) is 0 Å². The second-order valence-corrected chi connectivity index (χ2v) is 6.29. The van der Waals surface area contributed by atoms with Gasteiger partial charge in [0.1, 0.15) is 5.82 Å². The van der Waals surface area contributed by atoms with Crippen LogP contribution in [0, 0.1) is 18.7 Å². The molecule has 1 aliphatic rings. The van der Waals surface area contributed by atoms with Crippen molar-refractivity contribution in [2.75, 3.05) is 19.6 Å². The molecule has 0 unspecified atom stereocenters. The van der Waals surface area contributed by atoms with Gasteiger partial charge < -0.3 is 5.73 Å². The van der Waals surface area contributed by atoms with E-state index in [9.17, 15) is 4.39 Å². The summed E-state index contributed by atoms with van der Waals surface area (Å²) in [5.41, 5.74) is 9.07. The van der Waals surface area contributed by atoms with Gasteiger partial charge in [0.2, 0.25) is 0 Å². The predicted molar refractivity (Wildman–Crippen MR) is 88.1 cm³/mol. The predicted octanol–water partition coefficient (Wildman–Crippen LogP) is 3.31. The van der Waals surface area contributed by atoms with Crippen molar-refractivity contribution in [3.63, 3.8) is 0 Å². The van der Waals surface area contributed by atoms with Crippen molar-refractivity contribution in [1.29, 1.82) is 0 Å². The molecule has 3 heteroatoms. The lowest BCUT2D eigenvalue weighted by Crippen LogP contribution is -2.23. The quantitative estimate of drug-likeness (QED) is 0.938. The van der Waals surface area contributed by atoms with Crippen LogP contribution >= 0.6 is 0 Å². The molecule has 2 N–H and O–H groups in total. The van der Waals surface area contributed by atoms with E-state index in [1.807, 2.05) is 18.2 Å². The molecule has 1 saturated heterocycles. The zero-order valence-electron chi connectivity index (χ0n) is 13.0. The summed E-state index contributed by atoms with van der Waals surface area (Å²) in [4.78, 5) is 2.39. The topological polar surface area (TPSA) is 29.3 Å². The van der Waals surface area contributed by atoms with Crippen molar-refractivity contribution in [2.24, 2.45) is 11.7 Å². The van der Waals surface area contributed by atoms with Crippen LogP contribution in [0.3, 0.4) is 0 Å². The Kier molecular flexibility index (Phi) is 4.55. The maximum Gasteiger partial charge on any atom is 0.126 e. The second-order valence-electron chi connectivity index (χ2n) is 6.29. The molecule has 1 fully saturated rings. The highest BCUT2D eigenvalue weighted by Crippen LogP contribution is 2.32. The minimum Gasteiger partial charge on any atom is -0.330 e. The molecule has 2 atom stereocenters. The van der Waals surface area contributed by atoms with E-state index in [1.165, 1.54) is 5.56 Å². The Balaban J connectivity index is 1.72. The summed E-state index contributed by atoms with van der Waals surface area (Å²) in [6.07, 6.45) is 0. The smallest absolute Gasteiger partial charge is 0.126 e. The van der Waals surface area contributed by atoms with E-state index in [1.54, 1.807) is 13.0 Å². The Hall–Kier alpha value is -1.71. The van der Waals surface area contributed by atoms with Crippen LogP contribution in [0.2, 0.25) is 0 Å². The minimum absolute atomic E-state index is 0.119. The molecule has 116 valence electrons. The second kappa shape index (κ2) is 6.59. The maximum absolute atomic E-state index is 13.7. The zero-order chi connectivity index (χ0) is 15.5. The van der Waals surface area contributed by atoms with Gasteiger partial charge in [0.15, 0.2) is 0 Å². The minimum atomic E-state index is -0.119. The summed E-state index contributed by atoms with van der Waals surface area (Å²) in [5.74, 6) is 0.825. The van der Waals surface area contributed by atoms with Crippen molar-refractivity contribution in [1.82, 2.24) is 4.90 Å². The van der Waals surface area contributed by atoms with E-state index < -0.39 is 0 Å². The van der Waals surface area contributed by atoms with Crippen LogP contribution in [0.5, 0.6) is 0 Å². The number of nitrogens with zero attached hydrogens (tertiary/aromatic N) is 1. The summed E-state index contributed by atoms with van der Waals surface area (Å²) >= 11 is 0. The molecular weight excluding hydrogens is 275 g/mol. The monoisotopic (exact) mass is 298 g/mol. The number of hydrogen-bond donors (Lipinski definition) is 1. The number of rotatable bonds is 4. The van der Waals surface area contributed by atoms with E-state index >= 15 is 0 Å². The first-order valence-electron chi connectivity index (χ1n) is 7.89. The van der Waals surface area contributed by atoms with Gasteiger partial charge in [-0.15, -0.1) is 0 Å². The summed E-state index contributed by atoms with van der Waals surface area (Å²) in [6.45, 7) is 5.24. The van der Waals surface area contributed by atoms with Gasteiger partial charge in [-0.1, -0.05) is 42.5 Å². The molecule has 22 heavy (non-hydrogen) atoms. The van der Waals surface area contributed by atoms with Crippen LogP contribution in [0.4, 0.5) is 4.39 Å². The number of hydrogen-bond acceptors (Lipinski definition) is 2. The van der Waals surface area contributed by atoms with Crippen LogP contribution in [0.25, 0.3) is 0 Å². The summed E-state index contributed by atoms with van der Waals surface area (Å²) < 4.78 is 13.7. The molecule has 1 heterocycles. The van der Waals surface area contributed by atoms with Crippen molar-refractivity contribution in [3.8, 4) is 0 Å². The van der Waals surface area contributed by atoms with Gasteiger partial charge in [-0.25, -0.2) is 4.39 Å². The average molecular weight is 298 g/mol. The van der Waals surface area contributed by atoms with E-state index in [-0.39, 0.29) is 5.82 Å². The summed E-state index contributed by atoms with van der Waals surface area (Å²) in [7, 11) is 0. The van der Waals surface area contributed by atoms with E-state index in [0.29, 0.717) is 23.9 Å². The first-order chi connectivity index (χ1) is 10.7. The molecule has 0 spiro atoms. The molecule has 0 aromatic heterocycles. The van der Waals surface area contributed by atoms with Gasteiger partial charge in [0.25, 0.3) is 0 Å².